The van der Waals surface area contributed by atoms with Gasteiger partial charge in [0.2, 0.25) is 15.8 Å². The van der Waals surface area contributed by atoms with Crippen molar-refractivity contribution in [1.82, 2.24) is 24.8 Å². The Morgan fingerprint density at radius 1 is 1.12 bits per heavy atom. The zero-order chi connectivity index (χ0) is 24.1. The molecule has 1 N–H and O–H groups in total. The number of piperazine rings is 1. The van der Waals surface area contributed by atoms with Crippen LogP contribution in [-0.4, -0.2) is 70.1 Å². The molecule has 180 valence electrons. The van der Waals surface area contributed by atoms with Crippen molar-refractivity contribution in [3.05, 3.63) is 42.2 Å². The Kier molecular flexibility index (Phi) is 5.46. The molecule has 11 heteroatoms. The standard InChI is InChI=1S/C23H28N6O4S/c1-23(2,3)33-22(30)29-16-9-10-17(29)12-28(11-16)21-26-19-18(24-14-25-19)20(27-21)34(31,32)13-15-7-5-4-6-8-15/h4-8,14,16-17H,9-13H2,1-3H3,(H,24,25,26,27)/t16-,17+. The van der Waals surface area contributed by atoms with Gasteiger partial charge in [-0.2, -0.15) is 9.97 Å². The minimum atomic E-state index is -3.77. The van der Waals surface area contributed by atoms with E-state index in [0.29, 0.717) is 30.2 Å². The highest BCUT2D eigenvalue weighted by Crippen LogP contribution is 2.34. The molecule has 10 nitrogen and oxygen atoms in total. The Hall–Kier alpha value is -3.21. The third kappa shape index (κ3) is 4.31. The maximum Gasteiger partial charge on any atom is 0.410 e. The number of aromatic nitrogens is 4. The first kappa shape index (κ1) is 22.6. The number of rotatable bonds is 4. The van der Waals surface area contributed by atoms with Gasteiger partial charge < -0.3 is 14.6 Å². The molecule has 0 radical (unpaired) electrons. The van der Waals surface area contributed by atoms with Gasteiger partial charge in [0.05, 0.1) is 24.2 Å². The van der Waals surface area contributed by atoms with E-state index in [1.54, 1.807) is 24.3 Å². The van der Waals surface area contributed by atoms with Gasteiger partial charge >= 0.3 is 6.09 Å². The zero-order valence-electron chi connectivity index (χ0n) is 19.4. The fraction of sp³-hybridized carbons (Fsp3) is 0.478. The van der Waals surface area contributed by atoms with Gasteiger partial charge in [-0.1, -0.05) is 30.3 Å². The second-order valence-electron chi connectivity index (χ2n) is 9.85. The molecule has 0 saturated carbocycles. The smallest absolute Gasteiger partial charge is 0.410 e. The summed E-state index contributed by atoms with van der Waals surface area (Å²) in [7, 11) is -3.77. The number of amides is 1. The number of carbonyl (C=O) groups excluding carboxylic acids is 1. The number of benzene rings is 1. The Bertz CT molecular complexity index is 1300. The first-order valence-electron chi connectivity index (χ1n) is 11.3. The SMILES string of the molecule is CC(C)(C)OC(=O)N1[C@@H]2CC[C@H]1CN(c1nc(S(=O)(=O)Cc3ccccc3)c3nc[nH]c3n1)C2. The van der Waals surface area contributed by atoms with E-state index < -0.39 is 15.4 Å². The topological polar surface area (TPSA) is 121 Å². The largest absolute Gasteiger partial charge is 0.444 e. The van der Waals surface area contributed by atoms with Gasteiger partial charge in [-0.3, -0.25) is 4.90 Å². The van der Waals surface area contributed by atoms with Crippen molar-refractivity contribution in [2.45, 2.75) is 62.1 Å². The van der Waals surface area contributed by atoms with E-state index >= 15 is 0 Å². The Morgan fingerprint density at radius 3 is 2.44 bits per heavy atom. The number of fused-ring (bicyclic) bond motifs is 3. The second-order valence-corrected chi connectivity index (χ2v) is 11.8. The van der Waals surface area contributed by atoms with Gasteiger partial charge in [0.15, 0.2) is 10.7 Å². The van der Waals surface area contributed by atoms with Crippen LogP contribution in [-0.2, 0) is 20.3 Å². The predicted octanol–water partition coefficient (Wildman–Crippen LogP) is 2.91. The number of H-pyrrole nitrogens is 1. The predicted molar refractivity (Wildman–Crippen MR) is 126 cm³/mol. The van der Waals surface area contributed by atoms with Crippen LogP contribution >= 0.6 is 0 Å². The summed E-state index contributed by atoms with van der Waals surface area (Å²) >= 11 is 0. The molecule has 0 spiro atoms. The number of ether oxygens (including phenoxy) is 1. The summed E-state index contributed by atoms with van der Waals surface area (Å²) in [5.41, 5.74) is 0.716. The Balaban J connectivity index is 1.44. The highest BCUT2D eigenvalue weighted by Gasteiger charge is 2.45. The molecule has 2 fully saturated rings. The molecule has 2 aliphatic rings. The summed E-state index contributed by atoms with van der Waals surface area (Å²) < 4.78 is 32.3. The molecule has 5 rings (SSSR count). The van der Waals surface area contributed by atoms with Crippen molar-refractivity contribution >= 4 is 33.0 Å². The van der Waals surface area contributed by atoms with E-state index in [9.17, 15) is 13.2 Å². The van der Waals surface area contributed by atoms with Crippen LogP contribution in [0.25, 0.3) is 11.2 Å². The van der Waals surface area contributed by atoms with Crippen LogP contribution in [0.3, 0.4) is 0 Å². The number of nitrogens with one attached hydrogen (secondary N) is 1. The van der Waals surface area contributed by atoms with E-state index in [0.717, 1.165) is 12.8 Å². The highest BCUT2D eigenvalue weighted by atomic mass is 32.2. The van der Waals surface area contributed by atoms with E-state index in [-0.39, 0.29) is 34.5 Å². The molecule has 4 heterocycles. The van der Waals surface area contributed by atoms with E-state index in [4.69, 9.17) is 4.74 Å². The average molecular weight is 485 g/mol. The van der Waals surface area contributed by atoms with Crippen LogP contribution in [0.15, 0.2) is 41.7 Å². The second kappa shape index (κ2) is 8.23. The molecule has 34 heavy (non-hydrogen) atoms. The lowest BCUT2D eigenvalue weighted by Crippen LogP contribution is -2.57. The quantitative estimate of drug-likeness (QED) is 0.561. The zero-order valence-corrected chi connectivity index (χ0v) is 20.2. The normalized spacial score (nSPS) is 20.7. The van der Waals surface area contributed by atoms with Gasteiger partial charge in [-0.05, 0) is 39.2 Å². The first-order valence-corrected chi connectivity index (χ1v) is 13.0. The number of hydrogen-bond donors (Lipinski definition) is 1. The molecule has 0 unspecified atom stereocenters. The number of aromatic amines is 1. The van der Waals surface area contributed by atoms with Gasteiger partial charge in [0.1, 0.15) is 11.1 Å². The van der Waals surface area contributed by atoms with Crippen LogP contribution in [0.4, 0.5) is 10.7 Å². The Labute approximate surface area is 198 Å². The monoisotopic (exact) mass is 484 g/mol. The third-order valence-electron chi connectivity index (χ3n) is 6.10. The van der Waals surface area contributed by atoms with Crippen molar-refractivity contribution in [3.8, 4) is 0 Å². The lowest BCUT2D eigenvalue weighted by molar-refractivity contribution is 0.0122. The molecular weight excluding hydrogens is 456 g/mol. The molecular formula is C23H28N6O4S. The number of sulfone groups is 1. The minimum Gasteiger partial charge on any atom is -0.444 e. The maximum atomic E-state index is 13.3. The number of imidazole rings is 1. The fourth-order valence-electron chi connectivity index (χ4n) is 4.70. The lowest BCUT2D eigenvalue weighted by Gasteiger charge is -2.41. The Morgan fingerprint density at radius 2 is 1.79 bits per heavy atom. The third-order valence-corrected chi connectivity index (χ3v) is 7.69. The maximum absolute atomic E-state index is 13.3. The van der Waals surface area contributed by atoms with Gasteiger partial charge in [-0.15, -0.1) is 0 Å². The summed E-state index contributed by atoms with van der Waals surface area (Å²) in [6.07, 6.45) is 2.82. The number of anilines is 1. The van der Waals surface area contributed by atoms with Crippen molar-refractivity contribution in [2.75, 3.05) is 18.0 Å². The molecule has 2 atom stereocenters. The molecule has 2 aromatic heterocycles. The first-order chi connectivity index (χ1) is 16.1. The summed E-state index contributed by atoms with van der Waals surface area (Å²) in [5, 5.41) is -0.0838. The van der Waals surface area contributed by atoms with E-state index in [1.807, 2.05) is 36.6 Å². The van der Waals surface area contributed by atoms with Crippen LogP contribution in [0.2, 0.25) is 0 Å². The van der Waals surface area contributed by atoms with Crippen LogP contribution < -0.4 is 4.90 Å². The number of hydrogen-bond acceptors (Lipinski definition) is 8. The number of carbonyl (C=O) groups is 1. The van der Waals surface area contributed by atoms with Gasteiger partial charge in [0, 0.05) is 13.1 Å². The lowest BCUT2D eigenvalue weighted by atomic mass is 10.2. The fourth-order valence-corrected chi connectivity index (χ4v) is 6.13. The van der Waals surface area contributed by atoms with Crippen LogP contribution in [0.5, 0.6) is 0 Å². The summed E-state index contributed by atoms with van der Waals surface area (Å²) in [5.74, 6) is 0.147. The van der Waals surface area contributed by atoms with Crippen molar-refractivity contribution in [2.24, 2.45) is 0 Å². The van der Waals surface area contributed by atoms with Gasteiger partial charge in [-0.25, -0.2) is 18.2 Å². The molecule has 1 amide bonds. The van der Waals surface area contributed by atoms with E-state index in [1.165, 1.54) is 6.33 Å². The molecule has 2 saturated heterocycles. The van der Waals surface area contributed by atoms with Crippen molar-refractivity contribution in [1.29, 1.82) is 0 Å². The average Bonchev–Trinajstić information content (AvgIpc) is 3.34. The highest BCUT2D eigenvalue weighted by molar-refractivity contribution is 7.90. The van der Waals surface area contributed by atoms with E-state index in [2.05, 4.69) is 19.9 Å². The van der Waals surface area contributed by atoms with Crippen molar-refractivity contribution < 1.29 is 17.9 Å². The molecule has 1 aromatic carbocycles. The van der Waals surface area contributed by atoms with Gasteiger partial charge in [0.25, 0.3) is 0 Å². The number of nitrogens with zero attached hydrogens (tertiary/aromatic N) is 5. The molecule has 3 aromatic rings. The molecule has 2 aliphatic heterocycles. The van der Waals surface area contributed by atoms with Crippen molar-refractivity contribution in [3.63, 3.8) is 0 Å². The summed E-state index contributed by atoms with van der Waals surface area (Å²) in [6.45, 7) is 6.58. The van der Waals surface area contributed by atoms with Crippen LogP contribution in [0, 0.1) is 0 Å². The minimum absolute atomic E-state index is 0.0426. The van der Waals surface area contributed by atoms with Crippen LogP contribution in [0.1, 0.15) is 39.2 Å². The molecule has 2 bridgehead atoms. The summed E-state index contributed by atoms with van der Waals surface area (Å²) in [6, 6.07) is 8.92. The molecule has 0 aliphatic carbocycles. The summed E-state index contributed by atoms with van der Waals surface area (Å²) in [4.78, 5) is 32.7.